The van der Waals surface area contributed by atoms with Gasteiger partial charge in [-0.25, -0.2) is 9.80 Å². The van der Waals surface area contributed by atoms with Crippen LogP contribution < -0.4 is 5.43 Å². The summed E-state index contributed by atoms with van der Waals surface area (Å²) in [6, 6.07) is 3.05. The molecular formula is C17H19N3O6. The minimum Gasteiger partial charge on any atom is -0.478 e. The summed E-state index contributed by atoms with van der Waals surface area (Å²) in [6.45, 7) is 1.98. The number of amides is 2. The summed E-state index contributed by atoms with van der Waals surface area (Å²) in [5.41, 5.74) is 0.929. The molecule has 2 amide bonds. The van der Waals surface area contributed by atoms with Gasteiger partial charge in [-0.1, -0.05) is 19.8 Å². The van der Waals surface area contributed by atoms with Gasteiger partial charge in [-0.05, 0) is 24.8 Å². The first kappa shape index (κ1) is 17.8. The maximum absolute atomic E-state index is 13.1. The van der Waals surface area contributed by atoms with Crippen molar-refractivity contribution in [2.45, 2.75) is 44.6 Å². The molecule has 9 nitrogen and oxygen atoms in total. The molecule has 1 aromatic rings. The van der Waals surface area contributed by atoms with Crippen LogP contribution in [0.15, 0.2) is 18.2 Å². The number of hydrogen-bond donors (Lipinski definition) is 2. The van der Waals surface area contributed by atoms with Gasteiger partial charge < -0.3 is 5.11 Å². The first-order valence-corrected chi connectivity index (χ1v) is 8.41. The Balaban J connectivity index is 2.04. The molecule has 1 aliphatic heterocycles. The minimum absolute atomic E-state index is 0.0804. The number of nitrogens with one attached hydrogen (secondary N) is 1. The number of aromatic carboxylic acids is 1. The van der Waals surface area contributed by atoms with E-state index >= 15 is 0 Å². The third-order valence-electron chi connectivity index (χ3n) is 5.39. The predicted molar refractivity (Wildman–Crippen MR) is 89.3 cm³/mol. The molecular weight excluding hydrogens is 342 g/mol. The number of carboxylic acids is 1. The number of non-ortho nitro benzene ring substituents is 1. The Hall–Kier alpha value is -2.97. The lowest BCUT2D eigenvalue weighted by Crippen LogP contribution is -2.56. The summed E-state index contributed by atoms with van der Waals surface area (Å²) in [5, 5.41) is 21.5. The number of benzene rings is 1. The number of nitro benzene ring substituents is 1. The molecule has 9 heteroatoms. The summed E-state index contributed by atoms with van der Waals surface area (Å²) in [6.07, 6.45) is 3.59. The number of nitrogens with zero attached hydrogens (tertiary/aromatic N) is 2. The Kier molecular flexibility index (Phi) is 4.39. The largest absolute Gasteiger partial charge is 0.478 e. The van der Waals surface area contributed by atoms with E-state index in [1.54, 1.807) is 0 Å². The second-order valence-electron chi connectivity index (χ2n) is 6.93. The van der Waals surface area contributed by atoms with E-state index in [4.69, 9.17) is 0 Å². The highest BCUT2D eigenvalue weighted by Gasteiger charge is 2.52. The maximum atomic E-state index is 13.1. The van der Waals surface area contributed by atoms with Gasteiger partial charge >= 0.3 is 5.97 Å². The van der Waals surface area contributed by atoms with Crippen LogP contribution in [-0.2, 0) is 4.79 Å². The van der Waals surface area contributed by atoms with Gasteiger partial charge in [0.05, 0.1) is 22.4 Å². The molecule has 2 atom stereocenters. The van der Waals surface area contributed by atoms with Gasteiger partial charge in [0.25, 0.3) is 11.6 Å². The number of hydrazine groups is 1. The molecule has 1 aromatic carbocycles. The van der Waals surface area contributed by atoms with Crippen LogP contribution in [0.2, 0.25) is 0 Å². The van der Waals surface area contributed by atoms with Gasteiger partial charge in [-0.15, -0.1) is 0 Å². The van der Waals surface area contributed by atoms with Crippen LogP contribution in [0, 0.1) is 16.0 Å². The first-order valence-electron chi connectivity index (χ1n) is 8.41. The lowest BCUT2D eigenvalue weighted by Gasteiger charge is -2.44. The van der Waals surface area contributed by atoms with E-state index in [2.05, 4.69) is 5.43 Å². The van der Waals surface area contributed by atoms with Gasteiger partial charge in [0.2, 0.25) is 5.91 Å². The van der Waals surface area contributed by atoms with Crippen LogP contribution in [0.5, 0.6) is 0 Å². The van der Waals surface area contributed by atoms with Crippen LogP contribution in [0.4, 0.5) is 5.69 Å². The van der Waals surface area contributed by atoms with Crippen molar-refractivity contribution >= 4 is 23.5 Å². The second kappa shape index (κ2) is 6.40. The van der Waals surface area contributed by atoms with Crippen molar-refractivity contribution in [1.82, 2.24) is 10.4 Å². The number of hydrogen-bond acceptors (Lipinski definition) is 5. The number of carboxylic acid groups (broad SMARTS) is 1. The monoisotopic (exact) mass is 361 g/mol. The predicted octanol–water partition coefficient (Wildman–Crippen LogP) is 2.12. The van der Waals surface area contributed by atoms with Crippen molar-refractivity contribution in [2.75, 3.05) is 0 Å². The van der Waals surface area contributed by atoms with Gasteiger partial charge in [-0.2, -0.15) is 0 Å². The average molecular weight is 361 g/mol. The van der Waals surface area contributed by atoms with E-state index in [9.17, 15) is 29.6 Å². The molecule has 0 aromatic heterocycles. The number of rotatable bonds is 3. The summed E-state index contributed by atoms with van der Waals surface area (Å²) in [7, 11) is 0. The van der Waals surface area contributed by atoms with E-state index in [-0.39, 0.29) is 29.4 Å². The van der Waals surface area contributed by atoms with Gasteiger partial charge in [0.15, 0.2) is 0 Å². The summed E-state index contributed by atoms with van der Waals surface area (Å²) >= 11 is 0. The Labute approximate surface area is 149 Å². The Morgan fingerprint density at radius 2 is 2.00 bits per heavy atom. The molecule has 1 heterocycles. The van der Waals surface area contributed by atoms with Crippen LogP contribution in [0.25, 0.3) is 0 Å². The zero-order valence-corrected chi connectivity index (χ0v) is 14.2. The molecule has 138 valence electrons. The molecule has 2 fully saturated rings. The molecule has 1 saturated carbocycles. The summed E-state index contributed by atoms with van der Waals surface area (Å²) in [5.74, 6) is -2.20. The van der Waals surface area contributed by atoms with Crippen molar-refractivity contribution < 1.29 is 24.4 Å². The van der Waals surface area contributed by atoms with E-state index in [1.807, 2.05) is 6.92 Å². The Morgan fingerprint density at radius 1 is 1.31 bits per heavy atom. The Bertz CT molecular complexity index is 775. The number of carbonyl (C=O) groups excluding carboxylic acids is 2. The fraction of sp³-hybridized carbons (Fsp3) is 0.471. The van der Waals surface area contributed by atoms with Crippen LogP contribution >= 0.6 is 0 Å². The smallest absolute Gasteiger partial charge is 0.335 e. The quantitative estimate of drug-likeness (QED) is 0.626. The molecule has 3 rings (SSSR count). The van der Waals surface area contributed by atoms with Gasteiger partial charge in [0, 0.05) is 17.7 Å². The topological polar surface area (TPSA) is 130 Å². The fourth-order valence-electron chi connectivity index (χ4n) is 3.97. The van der Waals surface area contributed by atoms with Crippen molar-refractivity contribution in [2.24, 2.45) is 5.92 Å². The van der Waals surface area contributed by atoms with Crippen molar-refractivity contribution in [3.8, 4) is 0 Å². The Morgan fingerprint density at radius 3 is 2.62 bits per heavy atom. The van der Waals surface area contributed by atoms with Crippen LogP contribution in [0.1, 0.15) is 59.7 Å². The molecule has 0 bridgehead atoms. The SMILES string of the molecule is CC1CCCCC12CC(=O)NN2C(=O)c1cc(C(=O)O)cc([N+](=O)[O-])c1. The standard InChI is InChI=1S/C17H19N3O6/c1-10-4-2-3-5-17(10)9-14(21)18-19(17)15(22)11-6-12(16(23)24)8-13(7-11)20(25)26/h6-8,10H,2-5,9H2,1H3,(H,18,21)(H,23,24). The lowest BCUT2D eigenvalue weighted by molar-refractivity contribution is -0.384. The molecule has 2 unspecified atom stereocenters. The normalized spacial score (nSPS) is 25.2. The lowest BCUT2D eigenvalue weighted by atomic mass is 9.72. The summed E-state index contributed by atoms with van der Waals surface area (Å²) in [4.78, 5) is 46.7. The zero-order valence-electron chi connectivity index (χ0n) is 14.2. The molecule has 1 aliphatic carbocycles. The van der Waals surface area contributed by atoms with E-state index < -0.39 is 28.0 Å². The molecule has 1 saturated heterocycles. The average Bonchev–Trinajstić information content (AvgIpc) is 2.93. The van der Waals surface area contributed by atoms with Crippen LogP contribution in [-0.4, -0.2) is 38.4 Å². The molecule has 0 radical (unpaired) electrons. The highest BCUT2D eigenvalue weighted by molar-refractivity contribution is 6.00. The van der Waals surface area contributed by atoms with E-state index in [0.717, 1.165) is 37.5 Å². The van der Waals surface area contributed by atoms with Gasteiger partial charge in [0.1, 0.15) is 0 Å². The highest BCUT2D eigenvalue weighted by atomic mass is 16.6. The number of carbonyl (C=O) groups is 3. The minimum atomic E-state index is -1.37. The molecule has 2 aliphatic rings. The van der Waals surface area contributed by atoms with Crippen LogP contribution in [0.3, 0.4) is 0 Å². The molecule has 26 heavy (non-hydrogen) atoms. The van der Waals surface area contributed by atoms with Gasteiger partial charge in [-0.3, -0.25) is 25.1 Å². The zero-order chi connectivity index (χ0) is 19.1. The van der Waals surface area contributed by atoms with E-state index in [1.165, 1.54) is 5.01 Å². The van der Waals surface area contributed by atoms with Crippen molar-refractivity contribution in [3.05, 3.63) is 39.4 Å². The maximum Gasteiger partial charge on any atom is 0.335 e. The summed E-state index contributed by atoms with van der Waals surface area (Å²) < 4.78 is 0. The molecule has 1 spiro atoms. The fourth-order valence-corrected chi connectivity index (χ4v) is 3.97. The van der Waals surface area contributed by atoms with Crippen molar-refractivity contribution in [3.63, 3.8) is 0 Å². The highest BCUT2D eigenvalue weighted by Crippen LogP contribution is 2.43. The third-order valence-corrected chi connectivity index (χ3v) is 5.39. The second-order valence-corrected chi connectivity index (χ2v) is 6.93. The molecule has 2 N–H and O–H groups in total. The third kappa shape index (κ3) is 2.89. The first-order chi connectivity index (χ1) is 12.2. The van der Waals surface area contributed by atoms with Crippen molar-refractivity contribution in [1.29, 1.82) is 0 Å². The van der Waals surface area contributed by atoms with E-state index in [0.29, 0.717) is 6.42 Å². The number of nitro groups is 1.